The molecule has 144 valence electrons. The molecule has 28 heavy (non-hydrogen) atoms. The van der Waals surface area contributed by atoms with E-state index in [9.17, 15) is 4.79 Å². The van der Waals surface area contributed by atoms with Crippen molar-refractivity contribution in [2.75, 3.05) is 12.4 Å². The van der Waals surface area contributed by atoms with Crippen LogP contribution < -0.4 is 10.1 Å². The summed E-state index contributed by atoms with van der Waals surface area (Å²) in [5.74, 6) is 1.29. The molecule has 0 saturated heterocycles. The van der Waals surface area contributed by atoms with Crippen LogP contribution in [0.4, 0.5) is 5.69 Å². The number of carbonyl (C=O) groups excluding carboxylic acids is 1. The Morgan fingerprint density at radius 3 is 2.39 bits per heavy atom. The van der Waals surface area contributed by atoms with Gasteiger partial charge in [0.1, 0.15) is 11.5 Å². The van der Waals surface area contributed by atoms with E-state index in [1.807, 2.05) is 75.4 Å². The third-order valence-electron chi connectivity index (χ3n) is 4.46. The Balaban J connectivity index is 1.67. The Labute approximate surface area is 165 Å². The second-order valence-electron chi connectivity index (χ2n) is 6.64. The molecular formula is C23H24N2O3. The maximum atomic E-state index is 12.6. The summed E-state index contributed by atoms with van der Waals surface area (Å²) in [4.78, 5) is 17.1. The molecule has 1 atom stereocenters. The van der Waals surface area contributed by atoms with Gasteiger partial charge in [-0.3, -0.25) is 9.78 Å². The first-order valence-electron chi connectivity index (χ1n) is 9.12. The number of ether oxygens (including phenoxy) is 2. The first kappa shape index (κ1) is 19.6. The molecule has 1 N–H and O–H groups in total. The lowest BCUT2D eigenvalue weighted by atomic mass is 10.1. The Kier molecular flexibility index (Phi) is 6.06. The minimum absolute atomic E-state index is 0.114. The highest BCUT2D eigenvalue weighted by atomic mass is 16.5. The van der Waals surface area contributed by atoms with Crippen molar-refractivity contribution < 1.29 is 14.3 Å². The predicted octanol–water partition coefficient (Wildman–Crippen LogP) is 5.45. The highest BCUT2D eigenvalue weighted by Gasteiger charge is 2.13. The van der Waals surface area contributed by atoms with Crippen LogP contribution in [0.1, 0.15) is 40.3 Å². The van der Waals surface area contributed by atoms with Crippen LogP contribution in [0.5, 0.6) is 11.5 Å². The average Bonchev–Trinajstić information content (AvgIpc) is 2.68. The summed E-state index contributed by atoms with van der Waals surface area (Å²) in [7, 11) is 1.63. The van der Waals surface area contributed by atoms with Crippen molar-refractivity contribution in [1.82, 2.24) is 4.98 Å². The molecule has 3 rings (SSSR count). The summed E-state index contributed by atoms with van der Waals surface area (Å²) in [6, 6.07) is 18.7. The molecule has 0 saturated carbocycles. The fraction of sp³-hybridized carbons (Fsp3) is 0.217. The number of nitrogens with one attached hydrogen (secondary N) is 1. The largest absolute Gasteiger partial charge is 0.457 e. The van der Waals surface area contributed by atoms with Gasteiger partial charge in [0.2, 0.25) is 0 Å². The Morgan fingerprint density at radius 1 is 1.00 bits per heavy atom. The molecule has 3 aromatic rings. The third-order valence-corrected chi connectivity index (χ3v) is 4.46. The first-order chi connectivity index (χ1) is 13.5. The minimum Gasteiger partial charge on any atom is -0.457 e. The molecule has 1 heterocycles. The standard InChI is InChI=1S/C23H24N2O3/c1-15-6-5-7-20(14-15)28-19-10-8-18(9-11-19)25-23(26)21-12-13-22(17(3)27-4)24-16(21)2/h5-14,17H,1-4H3,(H,25,26). The van der Waals surface area contributed by atoms with Crippen LogP contribution in [0.2, 0.25) is 0 Å². The molecule has 1 unspecified atom stereocenters. The zero-order valence-electron chi connectivity index (χ0n) is 16.5. The third kappa shape index (κ3) is 4.75. The topological polar surface area (TPSA) is 60.5 Å². The molecule has 0 aliphatic rings. The van der Waals surface area contributed by atoms with Gasteiger partial charge in [-0.1, -0.05) is 12.1 Å². The fourth-order valence-electron chi connectivity index (χ4n) is 2.79. The molecular weight excluding hydrogens is 352 g/mol. The Morgan fingerprint density at radius 2 is 1.75 bits per heavy atom. The number of amides is 1. The first-order valence-corrected chi connectivity index (χ1v) is 9.12. The molecule has 0 bridgehead atoms. The number of hydrogen-bond acceptors (Lipinski definition) is 4. The smallest absolute Gasteiger partial charge is 0.257 e. The van der Waals surface area contributed by atoms with Crippen LogP contribution in [0.15, 0.2) is 60.7 Å². The van der Waals surface area contributed by atoms with Crippen LogP contribution in [0.25, 0.3) is 0 Å². The summed E-state index contributed by atoms with van der Waals surface area (Å²) < 4.78 is 11.1. The van der Waals surface area contributed by atoms with Crippen molar-refractivity contribution in [2.45, 2.75) is 26.9 Å². The summed E-state index contributed by atoms with van der Waals surface area (Å²) in [6.45, 7) is 5.76. The number of pyridine rings is 1. The van der Waals surface area contributed by atoms with Crippen molar-refractivity contribution in [3.63, 3.8) is 0 Å². The second-order valence-corrected chi connectivity index (χ2v) is 6.64. The van der Waals surface area contributed by atoms with Gasteiger partial charge in [0, 0.05) is 12.8 Å². The van der Waals surface area contributed by atoms with Crippen molar-refractivity contribution in [1.29, 1.82) is 0 Å². The van der Waals surface area contributed by atoms with Crippen molar-refractivity contribution in [2.24, 2.45) is 0 Å². The van der Waals surface area contributed by atoms with E-state index in [-0.39, 0.29) is 12.0 Å². The van der Waals surface area contributed by atoms with Gasteiger partial charge in [-0.2, -0.15) is 0 Å². The number of hydrogen-bond donors (Lipinski definition) is 1. The SMILES string of the molecule is COC(C)c1ccc(C(=O)Nc2ccc(Oc3cccc(C)c3)cc2)c(C)n1. The Bertz CT molecular complexity index is 968. The van der Waals surface area contributed by atoms with Gasteiger partial charge in [-0.25, -0.2) is 0 Å². The van der Waals surface area contributed by atoms with Crippen LogP contribution >= 0.6 is 0 Å². The number of methoxy groups -OCH3 is 1. The molecule has 0 fully saturated rings. The molecule has 1 aromatic heterocycles. The monoisotopic (exact) mass is 376 g/mol. The fourth-order valence-corrected chi connectivity index (χ4v) is 2.79. The number of benzene rings is 2. The van der Waals surface area contributed by atoms with Gasteiger partial charge in [0.05, 0.1) is 23.1 Å². The number of rotatable bonds is 6. The molecule has 0 aliphatic heterocycles. The number of carbonyl (C=O) groups is 1. The summed E-state index contributed by atoms with van der Waals surface area (Å²) >= 11 is 0. The summed E-state index contributed by atoms with van der Waals surface area (Å²) in [6.07, 6.45) is -0.114. The number of aryl methyl sites for hydroxylation is 2. The van der Waals surface area contributed by atoms with Gasteiger partial charge >= 0.3 is 0 Å². The van der Waals surface area contributed by atoms with Crippen LogP contribution in [0.3, 0.4) is 0 Å². The lowest BCUT2D eigenvalue weighted by Gasteiger charge is -2.12. The van der Waals surface area contributed by atoms with E-state index >= 15 is 0 Å². The van der Waals surface area contributed by atoms with Gasteiger partial charge in [0.25, 0.3) is 5.91 Å². The summed E-state index contributed by atoms with van der Waals surface area (Å²) in [5.41, 5.74) is 3.83. The lowest BCUT2D eigenvalue weighted by molar-refractivity contribution is 0.102. The molecule has 0 radical (unpaired) electrons. The van der Waals surface area contributed by atoms with Crippen molar-refractivity contribution >= 4 is 11.6 Å². The van der Waals surface area contributed by atoms with Crippen LogP contribution in [-0.4, -0.2) is 18.0 Å². The molecule has 5 heteroatoms. The normalized spacial score (nSPS) is 11.7. The zero-order chi connectivity index (χ0) is 20.1. The van der Waals surface area contributed by atoms with Crippen molar-refractivity contribution in [3.05, 3.63) is 83.2 Å². The van der Waals surface area contributed by atoms with E-state index in [4.69, 9.17) is 9.47 Å². The molecule has 2 aromatic carbocycles. The maximum Gasteiger partial charge on any atom is 0.257 e. The lowest BCUT2D eigenvalue weighted by Crippen LogP contribution is -2.15. The van der Waals surface area contributed by atoms with E-state index in [0.29, 0.717) is 22.7 Å². The van der Waals surface area contributed by atoms with Gasteiger partial charge in [-0.15, -0.1) is 0 Å². The molecule has 1 amide bonds. The zero-order valence-corrected chi connectivity index (χ0v) is 16.5. The highest BCUT2D eigenvalue weighted by molar-refractivity contribution is 6.05. The molecule has 0 aliphatic carbocycles. The van der Waals surface area contributed by atoms with Gasteiger partial charge in [0.15, 0.2) is 0 Å². The van der Waals surface area contributed by atoms with E-state index in [0.717, 1.165) is 17.0 Å². The molecule has 5 nitrogen and oxygen atoms in total. The van der Waals surface area contributed by atoms with E-state index in [2.05, 4.69) is 10.3 Å². The Hall–Kier alpha value is -3.18. The van der Waals surface area contributed by atoms with Crippen LogP contribution in [0, 0.1) is 13.8 Å². The maximum absolute atomic E-state index is 12.6. The van der Waals surface area contributed by atoms with Gasteiger partial charge in [-0.05, 0) is 74.9 Å². The average molecular weight is 376 g/mol. The molecule has 0 spiro atoms. The van der Waals surface area contributed by atoms with E-state index < -0.39 is 0 Å². The number of nitrogens with zero attached hydrogens (tertiary/aromatic N) is 1. The highest BCUT2D eigenvalue weighted by Crippen LogP contribution is 2.24. The van der Waals surface area contributed by atoms with E-state index in [1.54, 1.807) is 13.2 Å². The second kappa shape index (κ2) is 8.67. The quantitative estimate of drug-likeness (QED) is 0.621. The number of anilines is 1. The minimum atomic E-state index is -0.200. The van der Waals surface area contributed by atoms with Gasteiger partial charge < -0.3 is 14.8 Å². The van der Waals surface area contributed by atoms with Crippen molar-refractivity contribution in [3.8, 4) is 11.5 Å². The number of aromatic nitrogens is 1. The summed E-state index contributed by atoms with van der Waals surface area (Å²) in [5, 5.41) is 2.90. The van der Waals surface area contributed by atoms with E-state index in [1.165, 1.54) is 0 Å². The van der Waals surface area contributed by atoms with Crippen LogP contribution in [-0.2, 0) is 4.74 Å². The predicted molar refractivity (Wildman–Crippen MR) is 110 cm³/mol.